The maximum absolute atomic E-state index is 12.2. The minimum Gasteiger partial charge on any atom is -0.480 e. The van der Waals surface area contributed by atoms with Crippen molar-refractivity contribution in [1.82, 2.24) is 4.90 Å². The number of carbonyl (C=O) groups is 2. The molecule has 108 valence electrons. The van der Waals surface area contributed by atoms with Crippen molar-refractivity contribution < 1.29 is 14.7 Å². The molecule has 1 aliphatic heterocycles. The zero-order valence-electron chi connectivity index (χ0n) is 11.4. The second-order valence-electron chi connectivity index (χ2n) is 5.06. The average molecular weight is 341 g/mol. The molecule has 0 saturated carbocycles. The normalized spacial score (nSPS) is 18.1. The van der Waals surface area contributed by atoms with Crippen molar-refractivity contribution in [3.8, 4) is 0 Å². The van der Waals surface area contributed by atoms with Crippen LogP contribution >= 0.6 is 15.9 Å². The van der Waals surface area contributed by atoms with Crippen LogP contribution in [0.25, 0.3) is 0 Å². The second-order valence-corrected chi connectivity index (χ2v) is 5.91. The number of likely N-dealkylation sites (tertiary alicyclic amines) is 1. The van der Waals surface area contributed by atoms with Gasteiger partial charge in [0.25, 0.3) is 0 Å². The number of nitrogens with one attached hydrogen (secondary N) is 1. The molecular formula is C14H17BrN2O3. The first-order chi connectivity index (χ1) is 9.40. The second kappa shape index (κ2) is 5.83. The van der Waals surface area contributed by atoms with Crippen molar-refractivity contribution in [1.29, 1.82) is 0 Å². The maximum atomic E-state index is 12.2. The lowest BCUT2D eigenvalue weighted by Crippen LogP contribution is -2.42. The summed E-state index contributed by atoms with van der Waals surface area (Å²) in [6.07, 6.45) is 1.23. The number of benzene rings is 1. The highest BCUT2D eigenvalue weighted by atomic mass is 79.9. The van der Waals surface area contributed by atoms with Gasteiger partial charge in [0, 0.05) is 11.0 Å². The number of aliphatic carboxylic acids is 1. The molecule has 1 aliphatic rings. The monoisotopic (exact) mass is 340 g/mol. The van der Waals surface area contributed by atoms with Gasteiger partial charge in [-0.15, -0.1) is 0 Å². The molecule has 0 aromatic heterocycles. The van der Waals surface area contributed by atoms with E-state index in [9.17, 15) is 9.59 Å². The average Bonchev–Trinajstić information content (AvgIpc) is 2.82. The molecule has 1 atom stereocenters. The van der Waals surface area contributed by atoms with Gasteiger partial charge in [-0.25, -0.2) is 9.59 Å². The molecule has 2 N–H and O–H groups in total. The summed E-state index contributed by atoms with van der Waals surface area (Å²) in [6, 6.07) is 2.81. The molecule has 1 aromatic carbocycles. The third-order valence-corrected chi connectivity index (χ3v) is 4.09. The number of anilines is 1. The minimum atomic E-state index is -0.947. The van der Waals surface area contributed by atoms with Crippen LogP contribution in [-0.4, -0.2) is 34.6 Å². The van der Waals surface area contributed by atoms with Crippen LogP contribution in [0.3, 0.4) is 0 Å². The van der Waals surface area contributed by atoms with Crippen LogP contribution < -0.4 is 5.32 Å². The highest BCUT2D eigenvalue weighted by Crippen LogP contribution is 2.29. The van der Waals surface area contributed by atoms with Crippen LogP contribution in [0.4, 0.5) is 10.5 Å². The quantitative estimate of drug-likeness (QED) is 0.868. The molecule has 20 heavy (non-hydrogen) atoms. The summed E-state index contributed by atoms with van der Waals surface area (Å²) in [7, 11) is 0. The van der Waals surface area contributed by atoms with Gasteiger partial charge in [-0.05, 0) is 59.8 Å². The van der Waals surface area contributed by atoms with Crippen LogP contribution in [0.2, 0.25) is 0 Å². The van der Waals surface area contributed by atoms with Crippen LogP contribution in [0, 0.1) is 13.8 Å². The molecular weight excluding hydrogens is 324 g/mol. The van der Waals surface area contributed by atoms with Crippen molar-refractivity contribution in [2.45, 2.75) is 32.7 Å². The number of amides is 2. The third kappa shape index (κ3) is 2.95. The van der Waals surface area contributed by atoms with Gasteiger partial charge in [-0.1, -0.05) is 6.07 Å². The smallest absolute Gasteiger partial charge is 0.326 e. The van der Waals surface area contributed by atoms with Crippen LogP contribution in [0.5, 0.6) is 0 Å². The summed E-state index contributed by atoms with van der Waals surface area (Å²) in [4.78, 5) is 24.7. The first kappa shape index (κ1) is 14.8. The first-order valence-electron chi connectivity index (χ1n) is 6.47. The topological polar surface area (TPSA) is 69.6 Å². The summed E-state index contributed by atoms with van der Waals surface area (Å²) in [5, 5.41) is 11.9. The number of carbonyl (C=O) groups excluding carboxylic acids is 1. The fourth-order valence-electron chi connectivity index (χ4n) is 2.52. The number of halogens is 1. The Morgan fingerprint density at radius 1 is 1.40 bits per heavy atom. The zero-order chi connectivity index (χ0) is 14.9. The van der Waals surface area contributed by atoms with Gasteiger partial charge in [0.2, 0.25) is 0 Å². The van der Waals surface area contributed by atoms with Gasteiger partial charge in [0.15, 0.2) is 0 Å². The summed E-state index contributed by atoms with van der Waals surface area (Å²) in [6.45, 7) is 4.36. The number of rotatable bonds is 2. The van der Waals surface area contributed by atoms with Gasteiger partial charge in [-0.3, -0.25) is 0 Å². The molecule has 6 heteroatoms. The van der Waals surface area contributed by atoms with Crippen molar-refractivity contribution in [2.24, 2.45) is 0 Å². The van der Waals surface area contributed by atoms with Crippen LogP contribution in [0.15, 0.2) is 16.6 Å². The number of hydrogen-bond acceptors (Lipinski definition) is 2. The number of carboxylic acids is 1. The van der Waals surface area contributed by atoms with Gasteiger partial charge >= 0.3 is 12.0 Å². The molecule has 1 heterocycles. The van der Waals surface area contributed by atoms with E-state index >= 15 is 0 Å². The molecule has 0 spiro atoms. The summed E-state index contributed by atoms with van der Waals surface area (Å²) >= 11 is 3.43. The molecule has 1 fully saturated rings. The Morgan fingerprint density at radius 2 is 2.10 bits per heavy atom. The highest BCUT2D eigenvalue weighted by molar-refractivity contribution is 9.10. The number of carboxylic acid groups (broad SMARTS) is 1. The Hall–Kier alpha value is -1.56. The fourth-order valence-corrected chi connectivity index (χ4v) is 3.29. The van der Waals surface area contributed by atoms with Gasteiger partial charge in [0.1, 0.15) is 6.04 Å². The lowest BCUT2D eigenvalue weighted by molar-refractivity contribution is -0.141. The lowest BCUT2D eigenvalue weighted by atomic mass is 10.1. The number of urea groups is 1. The van der Waals surface area contributed by atoms with Crippen molar-refractivity contribution in [3.63, 3.8) is 0 Å². The minimum absolute atomic E-state index is 0.359. The maximum Gasteiger partial charge on any atom is 0.326 e. The van der Waals surface area contributed by atoms with E-state index < -0.39 is 12.0 Å². The fraction of sp³-hybridized carbons (Fsp3) is 0.429. The Balaban J connectivity index is 2.18. The predicted octanol–water partition coefficient (Wildman–Crippen LogP) is 3.15. The lowest BCUT2D eigenvalue weighted by Gasteiger charge is -2.23. The molecule has 1 unspecified atom stereocenters. The number of aryl methyl sites for hydroxylation is 2. The van der Waals surface area contributed by atoms with E-state index in [-0.39, 0.29) is 6.03 Å². The van der Waals surface area contributed by atoms with Gasteiger partial charge in [0.05, 0.1) is 5.69 Å². The summed E-state index contributed by atoms with van der Waals surface area (Å²) in [5.74, 6) is -0.947. The van der Waals surface area contributed by atoms with Crippen LogP contribution in [0.1, 0.15) is 24.0 Å². The number of hydrogen-bond donors (Lipinski definition) is 2. The molecule has 0 radical (unpaired) electrons. The standard InChI is InChI=1S/C14H17BrN2O3/c1-8-6-9(2)12(10(15)7-8)16-14(20)17-5-3-4-11(17)13(18)19/h6-7,11H,3-5H2,1-2H3,(H,16,20)(H,18,19). The number of nitrogens with zero attached hydrogens (tertiary/aromatic N) is 1. The Bertz CT molecular complexity index is 536. The summed E-state index contributed by atoms with van der Waals surface area (Å²) < 4.78 is 0.800. The predicted molar refractivity (Wildman–Crippen MR) is 80.0 cm³/mol. The van der Waals surface area contributed by atoms with E-state index in [2.05, 4.69) is 21.2 Å². The molecule has 1 saturated heterocycles. The molecule has 5 nitrogen and oxygen atoms in total. The van der Waals surface area contributed by atoms with E-state index in [1.807, 2.05) is 26.0 Å². The first-order valence-corrected chi connectivity index (χ1v) is 7.26. The SMILES string of the molecule is Cc1cc(C)c(NC(=O)N2CCCC2C(=O)O)c(Br)c1. The molecule has 2 rings (SSSR count). The third-order valence-electron chi connectivity index (χ3n) is 3.46. The van der Waals surface area contributed by atoms with Crippen molar-refractivity contribution in [3.05, 3.63) is 27.7 Å². The van der Waals surface area contributed by atoms with E-state index in [1.54, 1.807) is 0 Å². The van der Waals surface area contributed by atoms with Crippen molar-refractivity contribution in [2.75, 3.05) is 11.9 Å². The summed E-state index contributed by atoms with van der Waals surface area (Å²) in [5.41, 5.74) is 2.73. The van der Waals surface area contributed by atoms with Crippen LogP contribution in [-0.2, 0) is 4.79 Å². The molecule has 0 bridgehead atoms. The highest BCUT2D eigenvalue weighted by Gasteiger charge is 2.34. The van der Waals surface area contributed by atoms with E-state index in [0.29, 0.717) is 18.7 Å². The Kier molecular flexibility index (Phi) is 4.32. The Morgan fingerprint density at radius 3 is 2.70 bits per heavy atom. The van der Waals surface area contributed by atoms with E-state index in [1.165, 1.54) is 4.90 Å². The van der Waals surface area contributed by atoms with E-state index in [4.69, 9.17) is 5.11 Å². The zero-order valence-corrected chi connectivity index (χ0v) is 13.0. The molecule has 1 aromatic rings. The molecule has 0 aliphatic carbocycles. The van der Waals surface area contributed by atoms with Gasteiger partial charge in [-0.2, -0.15) is 0 Å². The van der Waals surface area contributed by atoms with E-state index in [0.717, 1.165) is 22.0 Å². The molecule has 2 amide bonds. The van der Waals surface area contributed by atoms with Crippen molar-refractivity contribution >= 4 is 33.6 Å². The Labute approximate surface area is 126 Å². The van der Waals surface area contributed by atoms with Gasteiger partial charge < -0.3 is 15.3 Å². The largest absolute Gasteiger partial charge is 0.480 e.